The Morgan fingerprint density at radius 2 is 1.89 bits per heavy atom. The summed E-state index contributed by atoms with van der Waals surface area (Å²) >= 11 is 11.7. The van der Waals surface area contributed by atoms with E-state index in [-0.39, 0.29) is 28.7 Å². The van der Waals surface area contributed by atoms with Gasteiger partial charge >= 0.3 is 16.2 Å². The highest BCUT2D eigenvalue weighted by atomic mass is 35.5. The summed E-state index contributed by atoms with van der Waals surface area (Å²) in [7, 11) is -2.64. The molecule has 106 valence electrons. The Balaban J connectivity index is 2.88. The third-order valence-corrected chi connectivity index (χ3v) is 4.34. The van der Waals surface area contributed by atoms with Crippen LogP contribution in [-0.4, -0.2) is 37.4 Å². The number of carbonyl (C=O) groups is 1. The van der Waals surface area contributed by atoms with Crippen molar-refractivity contribution in [2.75, 3.05) is 18.3 Å². The second-order valence-electron chi connectivity index (χ2n) is 3.67. The average Bonchev–Trinajstić information content (AvgIpc) is 2.31. The van der Waals surface area contributed by atoms with Crippen LogP contribution in [0.2, 0.25) is 10.0 Å². The molecule has 1 rings (SSSR count). The van der Waals surface area contributed by atoms with Crippen molar-refractivity contribution in [1.29, 1.82) is 0 Å². The van der Waals surface area contributed by atoms with Crippen LogP contribution >= 0.6 is 23.2 Å². The number of hydrogen-bond acceptors (Lipinski definition) is 3. The fourth-order valence-electron chi connectivity index (χ4n) is 1.18. The molecule has 0 unspecified atom stereocenters. The van der Waals surface area contributed by atoms with E-state index in [1.807, 2.05) is 0 Å². The van der Waals surface area contributed by atoms with Gasteiger partial charge in [-0.05, 0) is 12.1 Å². The minimum absolute atomic E-state index is 0.0630. The van der Waals surface area contributed by atoms with E-state index in [0.717, 1.165) is 4.31 Å². The number of carboxylic acids is 1. The van der Waals surface area contributed by atoms with Crippen molar-refractivity contribution in [3.8, 4) is 0 Å². The largest absolute Gasteiger partial charge is 0.481 e. The summed E-state index contributed by atoms with van der Waals surface area (Å²) in [4.78, 5) is 10.4. The van der Waals surface area contributed by atoms with Gasteiger partial charge in [-0.2, -0.15) is 12.7 Å². The number of para-hydroxylation sites is 1. The van der Waals surface area contributed by atoms with E-state index in [2.05, 4.69) is 4.72 Å². The zero-order chi connectivity index (χ0) is 14.6. The second-order valence-corrected chi connectivity index (χ2v) is 6.26. The maximum atomic E-state index is 11.9. The molecule has 0 atom stereocenters. The number of hydrogen-bond donors (Lipinski definition) is 2. The van der Waals surface area contributed by atoms with E-state index < -0.39 is 16.2 Å². The van der Waals surface area contributed by atoms with Gasteiger partial charge < -0.3 is 5.11 Å². The number of halogens is 2. The summed E-state index contributed by atoms with van der Waals surface area (Å²) in [5, 5.41) is 8.83. The SMILES string of the molecule is CN(CCC(=O)O)S(=O)(=O)Nc1c(Cl)cccc1Cl. The molecule has 0 radical (unpaired) electrons. The van der Waals surface area contributed by atoms with Gasteiger partial charge in [0.15, 0.2) is 0 Å². The van der Waals surface area contributed by atoms with Crippen LogP contribution in [-0.2, 0) is 15.0 Å². The highest BCUT2D eigenvalue weighted by molar-refractivity contribution is 7.90. The molecule has 0 amide bonds. The summed E-state index contributed by atoms with van der Waals surface area (Å²) in [5.41, 5.74) is 0.0630. The molecule has 0 spiro atoms. The highest BCUT2D eigenvalue weighted by Crippen LogP contribution is 2.30. The molecule has 0 heterocycles. The second kappa shape index (κ2) is 6.42. The Labute approximate surface area is 121 Å². The molecule has 1 aromatic carbocycles. The maximum Gasteiger partial charge on any atom is 0.304 e. The van der Waals surface area contributed by atoms with Gasteiger partial charge in [-0.25, -0.2) is 0 Å². The lowest BCUT2D eigenvalue weighted by molar-refractivity contribution is -0.137. The molecule has 19 heavy (non-hydrogen) atoms. The van der Waals surface area contributed by atoms with Crippen molar-refractivity contribution in [2.24, 2.45) is 0 Å². The van der Waals surface area contributed by atoms with Gasteiger partial charge in [0.05, 0.1) is 22.2 Å². The van der Waals surface area contributed by atoms with Crippen molar-refractivity contribution < 1.29 is 18.3 Å². The van der Waals surface area contributed by atoms with Crippen LogP contribution in [0.1, 0.15) is 6.42 Å². The normalized spacial score (nSPS) is 11.6. The molecule has 1 aromatic rings. The van der Waals surface area contributed by atoms with E-state index >= 15 is 0 Å². The monoisotopic (exact) mass is 326 g/mol. The Kier molecular flexibility index (Phi) is 5.42. The van der Waals surface area contributed by atoms with Crippen LogP contribution in [0.15, 0.2) is 18.2 Å². The van der Waals surface area contributed by atoms with Crippen LogP contribution in [0.5, 0.6) is 0 Å². The number of nitrogens with zero attached hydrogens (tertiary/aromatic N) is 1. The zero-order valence-corrected chi connectivity index (χ0v) is 12.3. The van der Waals surface area contributed by atoms with Crippen molar-refractivity contribution in [3.63, 3.8) is 0 Å². The summed E-state index contributed by atoms with van der Waals surface area (Å²) in [6.45, 7) is -0.160. The Morgan fingerprint density at radius 3 is 2.37 bits per heavy atom. The summed E-state index contributed by atoms with van der Waals surface area (Å²) in [6.07, 6.45) is -0.298. The van der Waals surface area contributed by atoms with E-state index in [9.17, 15) is 13.2 Å². The maximum absolute atomic E-state index is 11.9. The molecule has 0 saturated carbocycles. The van der Waals surface area contributed by atoms with Crippen LogP contribution in [0, 0.1) is 0 Å². The number of nitrogens with one attached hydrogen (secondary N) is 1. The lowest BCUT2D eigenvalue weighted by Crippen LogP contribution is -2.34. The topological polar surface area (TPSA) is 86.7 Å². The molecule has 0 aliphatic carbocycles. The van der Waals surface area contributed by atoms with Crippen molar-refractivity contribution >= 4 is 45.1 Å². The van der Waals surface area contributed by atoms with Gasteiger partial charge in [-0.3, -0.25) is 9.52 Å². The number of benzene rings is 1. The predicted molar refractivity (Wildman–Crippen MR) is 73.9 cm³/mol. The summed E-state index contributed by atoms with van der Waals surface area (Å²) in [6, 6.07) is 4.56. The summed E-state index contributed by atoms with van der Waals surface area (Å²) < 4.78 is 26.9. The van der Waals surface area contributed by atoms with Gasteiger partial charge in [0.25, 0.3) is 0 Å². The van der Waals surface area contributed by atoms with Crippen LogP contribution < -0.4 is 4.72 Å². The first-order valence-corrected chi connectivity index (χ1v) is 7.33. The van der Waals surface area contributed by atoms with E-state index in [0.29, 0.717) is 0 Å². The molecule has 0 aliphatic heterocycles. The third kappa shape index (κ3) is 4.54. The van der Waals surface area contributed by atoms with Crippen LogP contribution in [0.3, 0.4) is 0 Å². The number of anilines is 1. The average molecular weight is 327 g/mol. The Bertz CT molecular complexity index is 557. The molecular weight excluding hydrogens is 315 g/mol. The molecule has 2 N–H and O–H groups in total. The molecule has 6 nitrogen and oxygen atoms in total. The van der Waals surface area contributed by atoms with E-state index in [1.165, 1.54) is 19.2 Å². The molecule has 0 aliphatic rings. The Hall–Kier alpha value is -1.02. The molecule has 0 bridgehead atoms. The van der Waals surface area contributed by atoms with E-state index in [4.69, 9.17) is 28.3 Å². The zero-order valence-electron chi connectivity index (χ0n) is 9.93. The molecule has 0 saturated heterocycles. The first-order chi connectivity index (χ1) is 8.74. The van der Waals surface area contributed by atoms with Gasteiger partial charge in [0.1, 0.15) is 0 Å². The number of rotatable bonds is 6. The first kappa shape index (κ1) is 16.0. The molecule has 0 aromatic heterocycles. The van der Waals surface area contributed by atoms with Crippen LogP contribution in [0.25, 0.3) is 0 Å². The smallest absolute Gasteiger partial charge is 0.304 e. The lowest BCUT2D eigenvalue weighted by Gasteiger charge is -2.18. The summed E-state index contributed by atoms with van der Waals surface area (Å²) in [5.74, 6) is -1.09. The van der Waals surface area contributed by atoms with Gasteiger partial charge in [0.2, 0.25) is 0 Å². The van der Waals surface area contributed by atoms with Gasteiger partial charge in [-0.1, -0.05) is 29.3 Å². The quantitative estimate of drug-likeness (QED) is 0.837. The third-order valence-electron chi connectivity index (χ3n) is 2.24. The predicted octanol–water partition coefficient (Wildman–Crippen LogP) is 2.06. The number of carboxylic acid groups (broad SMARTS) is 1. The van der Waals surface area contributed by atoms with E-state index in [1.54, 1.807) is 6.07 Å². The fourth-order valence-corrected chi connectivity index (χ4v) is 2.74. The van der Waals surface area contributed by atoms with Gasteiger partial charge in [0, 0.05) is 13.6 Å². The van der Waals surface area contributed by atoms with Crippen molar-refractivity contribution in [3.05, 3.63) is 28.2 Å². The first-order valence-electron chi connectivity index (χ1n) is 5.14. The minimum atomic E-state index is -3.90. The lowest BCUT2D eigenvalue weighted by atomic mass is 10.3. The van der Waals surface area contributed by atoms with Crippen molar-refractivity contribution in [2.45, 2.75) is 6.42 Å². The molecular formula is C10H12Cl2N2O4S. The minimum Gasteiger partial charge on any atom is -0.481 e. The van der Waals surface area contributed by atoms with Crippen LogP contribution in [0.4, 0.5) is 5.69 Å². The molecule has 0 fully saturated rings. The highest BCUT2D eigenvalue weighted by Gasteiger charge is 2.20. The number of aliphatic carboxylic acids is 1. The Morgan fingerprint density at radius 1 is 1.37 bits per heavy atom. The van der Waals surface area contributed by atoms with Crippen molar-refractivity contribution in [1.82, 2.24) is 4.31 Å². The molecule has 9 heteroatoms. The fraction of sp³-hybridized carbons (Fsp3) is 0.300. The van der Waals surface area contributed by atoms with Gasteiger partial charge in [-0.15, -0.1) is 0 Å². The standard InChI is InChI=1S/C10H12Cl2N2O4S/c1-14(6-5-9(15)16)19(17,18)13-10-7(11)3-2-4-8(10)12/h2-4,13H,5-6H2,1H3,(H,15,16).